The van der Waals surface area contributed by atoms with Gasteiger partial charge < -0.3 is 10.1 Å². The number of anilines is 1. The van der Waals surface area contributed by atoms with Crippen molar-refractivity contribution in [3.8, 4) is 5.88 Å². The maximum atomic E-state index is 13.1. The molecule has 0 saturated heterocycles. The molecule has 6 nitrogen and oxygen atoms in total. The Morgan fingerprint density at radius 2 is 1.65 bits per heavy atom. The number of nitrogens with zero attached hydrogens (tertiary/aromatic N) is 1. The fourth-order valence-corrected chi connectivity index (χ4v) is 3.44. The van der Waals surface area contributed by atoms with E-state index in [1.165, 1.54) is 12.1 Å². The molecule has 0 aliphatic heterocycles. The van der Waals surface area contributed by atoms with Gasteiger partial charge in [0, 0.05) is 19.2 Å². The molecule has 3 aromatic rings. The number of hydrogen-bond donors (Lipinski definition) is 2. The SMILES string of the molecule is CCC(=O)Oc1ncc(Cc2ccc(F)cc2)cc1NCc1ccc(C[SH](=O)=O)cc1. The summed E-state index contributed by atoms with van der Waals surface area (Å²) in [4.78, 5) is 16.1. The summed E-state index contributed by atoms with van der Waals surface area (Å²) in [6.45, 7) is 2.14. The van der Waals surface area contributed by atoms with Crippen LogP contribution in [0.15, 0.2) is 60.8 Å². The van der Waals surface area contributed by atoms with E-state index in [-0.39, 0.29) is 23.9 Å². The van der Waals surface area contributed by atoms with Gasteiger partial charge in [0.05, 0.1) is 11.4 Å². The van der Waals surface area contributed by atoms with Crippen LogP contribution in [0.3, 0.4) is 0 Å². The molecular formula is C23H23FN2O4S. The number of ether oxygens (including phenoxy) is 1. The third kappa shape index (κ3) is 6.89. The first-order valence-electron chi connectivity index (χ1n) is 9.80. The minimum absolute atomic E-state index is 0.00943. The number of nitrogens with one attached hydrogen (secondary N) is 1. The molecule has 0 radical (unpaired) electrons. The minimum Gasteiger partial charge on any atom is -0.405 e. The Bertz CT molecular complexity index is 1110. The first-order chi connectivity index (χ1) is 14.9. The molecule has 0 aliphatic carbocycles. The van der Waals surface area contributed by atoms with E-state index in [1.807, 2.05) is 18.2 Å². The predicted molar refractivity (Wildman–Crippen MR) is 117 cm³/mol. The third-order valence-electron chi connectivity index (χ3n) is 4.55. The van der Waals surface area contributed by atoms with E-state index in [2.05, 4.69) is 10.3 Å². The molecule has 8 heteroatoms. The number of pyridine rings is 1. The van der Waals surface area contributed by atoms with Gasteiger partial charge in [-0.15, -0.1) is 0 Å². The molecule has 1 heterocycles. The molecule has 1 N–H and O–H groups in total. The molecule has 0 atom stereocenters. The molecule has 1 aromatic heterocycles. The predicted octanol–water partition coefficient (Wildman–Crippen LogP) is 3.85. The summed E-state index contributed by atoms with van der Waals surface area (Å²) in [5.41, 5.74) is 4.02. The summed E-state index contributed by atoms with van der Waals surface area (Å²) in [5, 5.41) is 3.24. The number of halogens is 1. The van der Waals surface area contributed by atoms with Crippen LogP contribution < -0.4 is 10.1 Å². The number of hydrogen-bond acceptors (Lipinski definition) is 6. The van der Waals surface area contributed by atoms with E-state index in [0.29, 0.717) is 18.7 Å². The number of esters is 1. The largest absolute Gasteiger partial charge is 0.405 e. The van der Waals surface area contributed by atoms with Crippen molar-refractivity contribution in [2.24, 2.45) is 0 Å². The van der Waals surface area contributed by atoms with Crippen LogP contribution in [0.1, 0.15) is 35.6 Å². The topological polar surface area (TPSA) is 85.4 Å². The number of carbonyl (C=O) groups is 1. The summed E-state index contributed by atoms with van der Waals surface area (Å²) in [5.74, 6) is -0.484. The highest BCUT2D eigenvalue weighted by Crippen LogP contribution is 2.25. The standard InChI is InChI=1S/C23H23FN2O4S/c1-2-22(27)30-23-21(25-13-17-3-5-18(6-4-17)15-31(28)29)12-19(14-26-23)11-16-7-9-20(24)10-8-16/h3-10,12,14,25,31H,2,11,13,15H2,1H3. The van der Waals surface area contributed by atoms with Gasteiger partial charge in [-0.2, -0.15) is 0 Å². The summed E-state index contributed by atoms with van der Waals surface area (Å²) in [6.07, 6.45) is 2.40. The van der Waals surface area contributed by atoms with Gasteiger partial charge in [0.2, 0.25) is 5.88 Å². The molecule has 0 amide bonds. The van der Waals surface area contributed by atoms with Gasteiger partial charge in [0.25, 0.3) is 0 Å². The van der Waals surface area contributed by atoms with Crippen LogP contribution in [-0.2, 0) is 34.2 Å². The second-order valence-electron chi connectivity index (χ2n) is 6.99. The highest BCUT2D eigenvalue weighted by atomic mass is 32.2. The van der Waals surface area contributed by atoms with Crippen LogP contribution in [-0.4, -0.2) is 19.4 Å². The molecule has 0 aliphatic rings. The normalized spacial score (nSPS) is 10.8. The maximum absolute atomic E-state index is 13.1. The van der Waals surface area contributed by atoms with Crippen LogP contribution >= 0.6 is 0 Å². The number of benzene rings is 2. The summed E-state index contributed by atoms with van der Waals surface area (Å²) in [7, 11) is -2.47. The Hall–Kier alpha value is -3.26. The van der Waals surface area contributed by atoms with Crippen molar-refractivity contribution >= 4 is 22.4 Å². The van der Waals surface area contributed by atoms with Crippen molar-refractivity contribution < 1.29 is 22.3 Å². The highest BCUT2D eigenvalue weighted by Gasteiger charge is 2.12. The van der Waals surface area contributed by atoms with Crippen LogP contribution in [0.5, 0.6) is 5.88 Å². The molecule has 3 rings (SSSR count). The van der Waals surface area contributed by atoms with Gasteiger partial charge >= 0.3 is 5.97 Å². The van der Waals surface area contributed by atoms with Gasteiger partial charge in [-0.3, -0.25) is 4.79 Å². The van der Waals surface area contributed by atoms with E-state index in [9.17, 15) is 17.6 Å². The Balaban J connectivity index is 1.77. The Kier molecular flexibility index (Phi) is 7.72. The van der Waals surface area contributed by atoms with E-state index < -0.39 is 16.7 Å². The van der Waals surface area contributed by atoms with Crippen LogP contribution in [0.4, 0.5) is 10.1 Å². The number of thiol groups is 1. The van der Waals surface area contributed by atoms with Crippen LogP contribution in [0, 0.1) is 5.82 Å². The lowest BCUT2D eigenvalue weighted by molar-refractivity contribution is -0.134. The van der Waals surface area contributed by atoms with Crippen molar-refractivity contribution in [1.82, 2.24) is 4.98 Å². The molecule has 0 saturated carbocycles. The van der Waals surface area contributed by atoms with Gasteiger partial charge in [-0.25, -0.2) is 17.8 Å². The van der Waals surface area contributed by atoms with Gasteiger partial charge in [-0.1, -0.05) is 43.3 Å². The third-order valence-corrected chi connectivity index (χ3v) is 5.17. The lowest BCUT2D eigenvalue weighted by Crippen LogP contribution is -2.10. The van der Waals surface area contributed by atoms with Crippen molar-refractivity contribution in [2.45, 2.75) is 32.1 Å². The van der Waals surface area contributed by atoms with Crippen molar-refractivity contribution in [3.05, 3.63) is 88.9 Å². The van der Waals surface area contributed by atoms with Gasteiger partial charge in [-0.05, 0) is 46.9 Å². The quantitative estimate of drug-likeness (QED) is 0.387. The zero-order chi connectivity index (χ0) is 22.2. The number of aromatic nitrogens is 1. The zero-order valence-electron chi connectivity index (χ0n) is 17.0. The van der Waals surface area contributed by atoms with Crippen LogP contribution in [0.2, 0.25) is 0 Å². The second-order valence-corrected chi connectivity index (χ2v) is 7.97. The molecule has 0 fully saturated rings. The monoisotopic (exact) mass is 442 g/mol. The summed E-state index contributed by atoms with van der Waals surface area (Å²) >= 11 is 0. The van der Waals surface area contributed by atoms with Crippen molar-refractivity contribution in [3.63, 3.8) is 0 Å². The molecule has 0 unspecified atom stereocenters. The lowest BCUT2D eigenvalue weighted by atomic mass is 10.1. The fraction of sp³-hybridized carbons (Fsp3) is 0.217. The Labute approximate surface area is 182 Å². The zero-order valence-corrected chi connectivity index (χ0v) is 17.9. The molecular weight excluding hydrogens is 419 g/mol. The molecule has 0 bridgehead atoms. The molecule has 0 spiro atoms. The summed E-state index contributed by atoms with van der Waals surface area (Å²) < 4.78 is 40.2. The van der Waals surface area contributed by atoms with E-state index in [4.69, 9.17) is 4.74 Å². The average Bonchev–Trinajstić information content (AvgIpc) is 2.76. The van der Waals surface area contributed by atoms with Gasteiger partial charge in [0.1, 0.15) is 16.5 Å². The first kappa shape index (κ1) is 22.4. The number of rotatable bonds is 9. The second kappa shape index (κ2) is 10.7. The van der Waals surface area contributed by atoms with Gasteiger partial charge in [0.15, 0.2) is 0 Å². The molecule has 31 heavy (non-hydrogen) atoms. The van der Waals surface area contributed by atoms with Crippen LogP contribution in [0.25, 0.3) is 0 Å². The Morgan fingerprint density at radius 3 is 2.29 bits per heavy atom. The summed E-state index contributed by atoms with van der Waals surface area (Å²) in [6, 6.07) is 15.3. The molecule has 162 valence electrons. The smallest absolute Gasteiger partial charge is 0.312 e. The Morgan fingerprint density at radius 1 is 1.00 bits per heavy atom. The average molecular weight is 443 g/mol. The van der Waals surface area contributed by atoms with Crippen molar-refractivity contribution in [2.75, 3.05) is 5.32 Å². The highest BCUT2D eigenvalue weighted by molar-refractivity contribution is 7.71. The maximum Gasteiger partial charge on any atom is 0.312 e. The fourth-order valence-electron chi connectivity index (χ4n) is 2.93. The van der Waals surface area contributed by atoms with E-state index in [1.54, 1.807) is 37.4 Å². The van der Waals surface area contributed by atoms with E-state index >= 15 is 0 Å². The van der Waals surface area contributed by atoms with Crippen molar-refractivity contribution in [1.29, 1.82) is 0 Å². The lowest BCUT2D eigenvalue weighted by Gasteiger charge is -2.13. The number of carbonyl (C=O) groups excluding carboxylic acids is 1. The first-order valence-corrected chi connectivity index (χ1v) is 11.2. The minimum atomic E-state index is -2.47. The molecule has 2 aromatic carbocycles. The van der Waals surface area contributed by atoms with E-state index in [0.717, 1.165) is 22.3 Å².